The molecule has 1 aliphatic carbocycles. The van der Waals surface area contributed by atoms with Crippen LogP contribution in [-0.4, -0.2) is 50.1 Å². The van der Waals surface area contributed by atoms with Crippen LogP contribution >= 0.6 is 0 Å². The van der Waals surface area contributed by atoms with E-state index in [-0.39, 0.29) is 17.7 Å². The van der Waals surface area contributed by atoms with Gasteiger partial charge in [-0.05, 0) is 31.9 Å². The smallest absolute Gasteiger partial charge is 0.249 e. The van der Waals surface area contributed by atoms with Gasteiger partial charge in [-0.25, -0.2) is 0 Å². The number of carbonyl (C=O) groups excluding carboxylic acids is 2. The first-order chi connectivity index (χ1) is 11.6. The molecule has 1 aromatic carbocycles. The van der Waals surface area contributed by atoms with E-state index in [1.165, 1.54) is 0 Å². The second kappa shape index (κ2) is 6.71. The summed E-state index contributed by atoms with van der Waals surface area (Å²) in [7, 11) is 3.17. The van der Waals surface area contributed by atoms with E-state index in [9.17, 15) is 9.59 Å². The number of hydrogen-bond donors (Lipinski definition) is 0. The zero-order valence-electron chi connectivity index (χ0n) is 14.4. The molecule has 24 heavy (non-hydrogen) atoms. The third kappa shape index (κ3) is 2.81. The van der Waals surface area contributed by atoms with Gasteiger partial charge in [0, 0.05) is 25.1 Å². The minimum Gasteiger partial charge on any atom is -0.497 e. The van der Waals surface area contributed by atoms with Crippen LogP contribution in [0.4, 0.5) is 5.69 Å². The number of methoxy groups -OCH3 is 2. The Morgan fingerprint density at radius 2 is 1.92 bits per heavy atom. The molecule has 0 bridgehead atoms. The molecule has 0 radical (unpaired) electrons. The Morgan fingerprint density at radius 1 is 1.17 bits per heavy atom. The molecule has 0 aromatic heterocycles. The molecule has 2 aliphatic rings. The van der Waals surface area contributed by atoms with E-state index in [1.807, 2.05) is 0 Å². The third-order valence-corrected chi connectivity index (χ3v) is 5.07. The fourth-order valence-corrected chi connectivity index (χ4v) is 3.31. The second-order valence-corrected chi connectivity index (χ2v) is 6.36. The number of piperazine rings is 1. The van der Waals surface area contributed by atoms with Crippen molar-refractivity contribution in [1.82, 2.24) is 4.90 Å². The quantitative estimate of drug-likeness (QED) is 0.847. The molecule has 1 unspecified atom stereocenters. The van der Waals surface area contributed by atoms with Crippen LogP contribution in [0.15, 0.2) is 18.2 Å². The molecule has 1 heterocycles. The van der Waals surface area contributed by atoms with Crippen molar-refractivity contribution in [2.45, 2.75) is 32.2 Å². The van der Waals surface area contributed by atoms with Gasteiger partial charge >= 0.3 is 0 Å². The maximum absolute atomic E-state index is 12.9. The molecule has 1 saturated heterocycles. The van der Waals surface area contributed by atoms with Crippen molar-refractivity contribution < 1.29 is 19.1 Å². The van der Waals surface area contributed by atoms with Crippen molar-refractivity contribution in [2.24, 2.45) is 5.92 Å². The van der Waals surface area contributed by atoms with Gasteiger partial charge < -0.3 is 19.3 Å². The molecular formula is C18H24N2O4. The van der Waals surface area contributed by atoms with Crippen LogP contribution in [0.25, 0.3) is 0 Å². The molecule has 1 saturated carbocycles. The summed E-state index contributed by atoms with van der Waals surface area (Å²) >= 11 is 0. The number of carbonyl (C=O) groups is 2. The summed E-state index contributed by atoms with van der Waals surface area (Å²) in [6, 6.07) is 4.93. The molecule has 6 nitrogen and oxygen atoms in total. The maximum atomic E-state index is 12.9. The topological polar surface area (TPSA) is 59.1 Å². The number of benzene rings is 1. The number of amides is 2. The second-order valence-electron chi connectivity index (χ2n) is 6.36. The predicted molar refractivity (Wildman–Crippen MR) is 90.4 cm³/mol. The lowest BCUT2D eigenvalue weighted by molar-refractivity contribution is -0.146. The van der Waals surface area contributed by atoms with Gasteiger partial charge in [-0.1, -0.05) is 6.42 Å². The Morgan fingerprint density at radius 3 is 2.50 bits per heavy atom. The maximum Gasteiger partial charge on any atom is 0.249 e. The zero-order valence-corrected chi connectivity index (χ0v) is 14.4. The Balaban J connectivity index is 1.82. The average molecular weight is 332 g/mol. The molecule has 130 valence electrons. The van der Waals surface area contributed by atoms with Crippen LogP contribution < -0.4 is 14.4 Å². The van der Waals surface area contributed by atoms with E-state index in [2.05, 4.69) is 0 Å². The molecule has 1 aliphatic heterocycles. The highest BCUT2D eigenvalue weighted by Gasteiger charge is 2.39. The Labute approximate surface area is 142 Å². The minimum absolute atomic E-state index is 0.0829. The minimum atomic E-state index is -0.456. The molecule has 0 spiro atoms. The van der Waals surface area contributed by atoms with Gasteiger partial charge in [0.05, 0.1) is 19.9 Å². The summed E-state index contributed by atoms with van der Waals surface area (Å²) in [5.74, 6) is 1.44. The number of ether oxygens (including phenoxy) is 2. The number of rotatable bonds is 4. The SMILES string of the molecule is COc1ccc(OC)c(N2CCN(C(=O)C3CCC3)C(C)C2=O)c1. The third-order valence-electron chi connectivity index (χ3n) is 5.07. The van der Waals surface area contributed by atoms with Gasteiger partial charge in [0.1, 0.15) is 17.5 Å². The first-order valence-corrected chi connectivity index (χ1v) is 8.40. The molecule has 3 rings (SSSR count). The highest BCUT2D eigenvalue weighted by atomic mass is 16.5. The highest BCUT2D eigenvalue weighted by Crippen LogP contribution is 2.35. The van der Waals surface area contributed by atoms with Crippen LogP contribution in [0.5, 0.6) is 11.5 Å². The standard InChI is InChI=1S/C18H24N2O4/c1-12-17(21)20(10-9-19(12)18(22)13-5-4-6-13)15-11-14(23-2)7-8-16(15)24-3/h7-8,11-13H,4-6,9-10H2,1-3H3. The summed E-state index contributed by atoms with van der Waals surface area (Å²) < 4.78 is 10.7. The largest absolute Gasteiger partial charge is 0.497 e. The van der Waals surface area contributed by atoms with Gasteiger partial charge in [-0.2, -0.15) is 0 Å². The first kappa shape index (κ1) is 16.6. The normalized spacial score (nSPS) is 21.5. The van der Waals surface area contributed by atoms with Gasteiger partial charge in [0.15, 0.2) is 0 Å². The lowest BCUT2D eigenvalue weighted by Crippen LogP contribution is -2.59. The summed E-state index contributed by atoms with van der Waals surface area (Å²) in [4.78, 5) is 28.8. The molecule has 1 aromatic rings. The van der Waals surface area contributed by atoms with Crippen LogP contribution in [0.1, 0.15) is 26.2 Å². The van der Waals surface area contributed by atoms with Crippen LogP contribution in [0.2, 0.25) is 0 Å². The van der Waals surface area contributed by atoms with Crippen LogP contribution in [0, 0.1) is 5.92 Å². The van der Waals surface area contributed by atoms with Gasteiger partial charge in [0.2, 0.25) is 11.8 Å². The number of anilines is 1. The molecule has 1 atom stereocenters. The van der Waals surface area contributed by atoms with Crippen molar-refractivity contribution in [2.75, 3.05) is 32.2 Å². The number of nitrogens with zero attached hydrogens (tertiary/aromatic N) is 2. The van der Waals surface area contributed by atoms with E-state index in [1.54, 1.807) is 49.1 Å². The first-order valence-electron chi connectivity index (χ1n) is 8.40. The Hall–Kier alpha value is -2.24. The Kier molecular flexibility index (Phi) is 4.64. The van der Waals surface area contributed by atoms with Gasteiger partial charge in [-0.3, -0.25) is 9.59 Å². The van der Waals surface area contributed by atoms with Crippen molar-refractivity contribution in [1.29, 1.82) is 0 Å². The van der Waals surface area contributed by atoms with Crippen LogP contribution in [-0.2, 0) is 9.59 Å². The van der Waals surface area contributed by atoms with Gasteiger partial charge in [0.25, 0.3) is 0 Å². The molecular weight excluding hydrogens is 308 g/mol. The van der Waals surface area contributed by atoms with Crippen LogP contribution in [0.3, 0.4) is 0 Å². The fraction of sp³-hybridized carbons (Fsp3) is 0.556. The monoisotopic (exact) mass is 332 g/mol. The summed E-state index contributed by atoms with van der Waals surface area (Å²) in [5, 5.41) is 0. The average Bonchev–Trinajstić information content (AvgIpc) is 2.55. The lowest BCUT2D eigenvalue weighted by Gasteiger charge is -2.42. The zero-order chi connectivity index (χ0) is 17.3. The molecule has 0 N–H and O–H groups in total. The van der Waals surface area contributed by atoms with Crippen molar-refractivity contribution in [3.05, 3.63) is 18.2 Å². The van der Waals surface area contributed by atoms with E-state index in [0.717, 1.165) is 19.3 Å². The van der Waals surface area contributed by atoms with E-state index >= 15 is 0 Å². The van der Waals surface area contributed by atoms with E-state index in [4.69, 9.17) is 9.47 Å². The van der Waals surface area contributed by atoms with Crippen molar-refractivity contribution in [3.8, 4) is 11.5 Å². The molecule has 6 heteroatoms. The van der Waals surface area contributed by atoms with E-state index in [0.29, 0.717) is 30.3 Å². The summed E-state index contributed by atoms with van der Waals surface area (Å²) in [5.41, 5.74) is 0.685. The fourth-order valence-electron chi connectivity index (χ4n) is 3.31. The molecule has 2 fully saturated rings. The van der Waals surface area contributed by atoms with Crippen molar-refractivity contribution in [3.63, 3.8) is 0 Å². The Bertz CT molecular complexity index is 642. The predicted octanol–water partition coefficient (Wildman–Crippen LogP) is 2.07. The number of hydrogen-bond acceptors (Lipinski definition) is 4. The summed E-state index contributed by atoms with van der Waals surface area (Å²) in [6.45, 7) is 2.81. The summed E-state index contributed by atoms with van der Waals surface area (Å²) in [6.07, 6.45) is 3.01. The highest BCUT2D eigenvalue weighted by molar-refractivity contribution is 6.01. The van der Waals surface area contributed by atoms with E-state index < -0.39 is 6.04 Å². The van der Waals surface area contributed by atoms with Gasteiger partial charge in [-0.15, -0.1) is 0 Å². The van der Waals surface area contributed by atoms with Crippen molar-refractivity contribution >= 4 is 17.5 Å². The molecule has 2 amide bonds. The lowest BCUT2D eigenvalue weighted by atomic mass is 9.84.